The standard InChI is InChI=1S/C24H20N2O7S/c1-12-21(23(31)33-3)34-24(25-12)26-18(13-6-4-8-15(27)10-13)17(20(29)22(26)30)19(28)14-7-5-9-16(11-14)32-2/h4-11,18,27-28H,1-3H3. The number of thiazole rings is 1. The van der Waals surface area contributed by atoms with Crippen LogP contribution in [0.5, 0.6) is 11.5 Å². The van der Waals surface area contributed by atoms with Crippen LogP contribution in [0.15, 0.2) is 54.1 Å². The maximum absolute atomic E-state index is 13.2. The first-order valence-electron chi connectivity index (χ1n) is 10.1. The van der Waals surface area contributed by atoms with Gasteiger partial charge in [0.15, 0.2) is 5.13 Å². The molecule has 1 aliphatic heterocycles. The number of phenols is 1. The molecule has 1 fully saturated rings. The molecule has 1 atom stereocenters. The van der Waals surface area contributed by atoms with Gasteiger partial charge < -0.3 is 19.7 Å². The highest BCUT2D eigenvalue weighted by Gasteiger charge is 2.48. The summed E-state index contributed by atoms with van der Waals surface area (Å²) in [6, 6.07) is 11.3. The highest BCUT2D eigenvalue weighted by atomic mass is 32.1. The fourth-order valence-corrected chi connectivity index (χ4v) is 4.75. The number of anilines is 1. The number of carbonyl (C=O) groups is 3. The lowest BCUT2D eigenvalue weighted by molar-refractivity contribution is -0.132. The number of hydrogen-bond acceptors (Lipinski definition) is 9. The predicted molar refractivity (Wildman–Crippen MR) is 124 cm³/mol. The average molecular weight is 480 g/mol. The lowest BCUT2D eigenvalue weighted by Gasteiger charge is -2.23. The van der Waals surface area contributed by atoms with Crippen molar-refractivity contribution in [2.45, 2.75) is 13.0 Å². The number of rotatable bonds is 5. The zero-order valence-corrected chi connectivity index (χ0v) is 19.3. The molecule has 3 aromatic rings. The van der Waals surface area contributed by atoms with Crippen LogP contribution in [0.2, 0.25) is 0 Å². The number of Topliss-reactive ketones (excluding diaryl/α,β-unsaturated/α-hetero) is 1. The van der Waals surface area contributed by atoms with E-state index in [0.29, 0.717) is 17.0 Å². The first kappa shape index (κ1) is 23.0. The number of ether oxygens (including phenoxy) is 2. The molecular formula is C24H20N2O7S. The summed E-state index contributed by atoms with van der Waals surface area (Å²) in [5, 5.41) is 21.3. The summed E-state index contributed by atoms with van der Waals surface area (Å²) in [4.78, 5) is 44.1. The Morgan fingerprint density at radius 2 is 1.85 bits per heavy atom. The van der Waals surface area contributed by atoms with E-state index in [9.17, 15) is 24.6 Å². The molecule has 1 aromatic heterocycles. The number of nitrogens with zero attached hydrogens (tertiary/aromatic N) is 2. The Labute approximate surface area is 198 Å². The molecular weight excluding hydrogens is 460 g/mol. The summed E-state index contributed by atoms with van der Waals surface area (Å²) < 4.78 is 9.98. The van der Waals surface area contributed by atoms with E-state index in [2.05, 4.69) is 4.98 Å². The van der Waals surface area contributed by atoms with Crippen LogP contribution in [0.1, 0.15) is 32.5 Å². The number of carbonyl (C=O) groups excluding carboxylic acids is 3. The number of aromatic nitrogens is 1. The van der Waals surface area contributed by atoms with Crippen LogP contribution >= 0.6 is 11.3 Å². The van der Waals surface area contributed by atoms with Crippen molar-refractivity contribution < 1.29 is 34.1 Å². The van der Waals surface area contributed by atoms with Gasteiger partial charge in [0.2, 0.25) is 0 Å². The SMILES string of the molecule is COC(=O)c1sc(N2C(=O)C(=O)C(=C(O)c3cccc(OC)c3)C2c2cccc(O)c2)nc1C. The minimum Gasteiger partial charge on any atom is -0.508 e. The normalized spacial score (nSPS) is 17.1. The molecule has 0 bridgehead atoms. The van der Waals surface area contributed by atoms with Gasteiger partial charge in [0.1, 0.15) is 22.1 Å². The van der Waals surface area contributed by atoms with Gasteiger partial charge in [-0.2, -0.15) is 0 Å². The number of benzene rings is 2. The predicted octanol–water partition coefficient (Wildman–Crippen LogP) is 3.58. The Kier molecular flexibility index (Phi) is 6.08. The highest BCUT2D eigenvalue weighted by molar-refractivity contribution is 7.17. The van der Waals surface area contributed by atoms with Crippen LogP contribution in [-0.4, -0.2) is 47.1 Å². The van der Waals surface area contributed by atoms with Crippen LogP contribution in [0.25, 0.3) is 5.76 Å². The van der Waals surface area contributed by atoms with Gasteiger partial charge in [-0.25, -0.2) is 9.78 Å². The third kappa shape index (κ3) is 3.88. The molecule has 4 rings (SSSR count). The third-order valence-electron chi connectivity index (χ3n) is 5.34. The van der Waals surface area contributed by atoms with Gasteiger partial charge in [-0.3, -0.25) is 14.5 Å². The van der Waals surface area contributed by atoms with E-state index in [-0.39, 0.29) is 26.9 Å². The monoisotopic (exact) mass is 480 g/mol. The molecule has 174 valence electrons. The minimum absolute atomic E-state index is 0.0815. The molecule has 1 saturated heterocycles. The van der Waals surface area contributed by atoms with Crippen molar-refractivity contribution in [2.24, 2.45) is 0 Å². The molecule has 1 aliphatic rings. The second-order valence-electron chi connectivity index (χ2n) is 7.40. The van der Waals surface area contributed by atoms with E-state index in [1.807, 2.05) is 0 Å². The fourth-order valence-electron chi connectivity index (χ4n) is 3.73. The number of aliphatic hydroxyl groups is 1. The van der Waals surface area contributed by atoms with Gasteiger partial charge in [0, 0.05) is 5.56 Å². The zero-order valence-electron chi connectivity index (χ0n) is 18.4. The molecule has 2 heterocycles. The number of aliphatic hydroxyl groups excluding tert-OH is 1. The van der Waals surface area contributed by atoms with Gasteiger partial charge in [-0.1, -0.05) is 35.6 Å². The minimum atomic E-state index is -1.10. The van der Waals surface area contributed by atoms with Crippen molar-refractivity contribution in [3.8, 4) is 11.5 Å². The number of phenolic OH excluding ortho intramolecular Hbond substituents is 1. The summed E-state index contributed by atoms with van der Waals surface area (Å²) >= 11 is 0.894. The van der Waals surface area contributed by atoms with E-state index in [4.69, 9.17) is 9.47 Å². The second kappa shape index (κ2) is 8.99. The Hall–Kier alpha value is -4.18. The Bertz CT molecular complexity index is 1340. The van der Waals surface area contributed by atoms with Gasteiger partial charge in [0.05, 0.1) is 31.5 Å². The Balaban J connectivity index is 1.95. The largest absolute Gasteiger partial charge is 0.508 e. The van der Waals surface area contributed by atoms with E-state index in [1.54, 1.807) is 37.3 Å². The molecule has 0 spiro atoms. The van der Waals surface area contributed by atoms with Crippen molar-refractivity contribution in [2.75, 3.05) is 19.1 Å². The molecule has 34 heavy (non-hydrogen) atoms. The molecule has 0 radical (unpaired) electrons. The first-order chi connectivity index (χ1) is 16.3. The van der Waals surface area contributed by atoms with Gasteiger partial charge >= 0.3 is 11.9 Å². The Morgan fingerprint density at radius 1 is 1.12 bits per heavy atom. The summed E-state index contributed by atoms with van der Waals surface area (Å²) in [5.41, 5.74) is 0.789. The van der Waals surface area contributed by atoms with E-state index in [0.717, 1.165) is 16.2 Å². The summed E-state index contributed by atoms with van der Waals surface area (Å²) in [6.07, 6.45) is 0. The number of hydrogen-bond donors (Lipinski definition) is 2. The molecule has 0 aliphatic carbocycles. The van der Waals surface area contributed by atoms with Crippen molar-refractivity contribution in [1.82, 2.24) is 4.98 Å². The van der Waals surface area contributed by atoms with Crippen LogP contribution in [0, 0.1) is 6.92 Å². The molecule has 10 heteroatoms. The molecule has 0 saturated carbocycles. The summed E-state index contributed by atoms with van der Waals surface area (Å²) in [7, 11) is 2.70. The number of methoxy groups -OCH3 is 2. The number of amides is 1. The van der Waals surface area contributed by atoms with Gasteiger partial charge in [0.25, 0.3) is 5.78 Å². The van der Waals surface area contributed by atoms with Crippen LogP contribution in [0.3, 0.4) is 0 Å². The molecule has 2 aromatic carbocycles. The molecule has 1 amide bonds. The first-order valence-corrected chi connectivity index (χ1v) is 10.9. The average Bonchev–Trinajstić information content (AvgIpc) is 3.35. The van der Waals surface area contributed by atoms with Crippen molar-refractivity contribution in [3.63, 3.8) is 0 Å². The Morgan fingerprint density at radius 3 is 2.53 bits per heavy atom. The molecule has 9 nitrogen and oxygen atoms in total. The zero-order chi connectivity index (χ0) is 24.6. The van der Waals surface area contributed by atoms with E-state index in [1.165, 1.54) is 32.4 Å². The number of aryl methyl sites for hydroxylation is 1. The number of aromatic hydroxyl groups is 1. The van der Waals surface area contributed by atoms with Crippen LogP contribution in [-0.2, 0) is 14.3 Å². The van der Waals surface area contributed by atoms with Crippen molar-refractivity contribution >= 4 is 39.9 Å². The van der Waals surface area contributed by atoms with Crippen LogP contribution in [0.4, 0.5) is 5.13 Å². The van der Waals surface area contributed by atoms with Crippen molar-refractivity contribution in [1.29, 1.82) is 0 Å². The maximum Gasteiger partial charge on any atom is 0.350 e. The highest BCUT2D eigenvalue weighted by Crippen LogP contribution is 2.44. The third-order valence-corrected chi connectivity index (χ3v) is 6.47. The number of ketones is 1. The van der Waals surface area contributed by atoms with Gasteiger partial charge in [-0.15, -0.1) is 0 Å². The second-order valence-corrected chi connectivity index (χ2v) is 8.38. The van der Waals surface area contributed by atoms with Crippen molar-refractivity contribution in [3.05, 3.63) is 75.8 Å². The topological polar surface area (TPSA) is 126 Å². The van der Waals surface area contributed by atoms with Crippen LogP contribution < -0.4 is 9.64 Å². The lowest BCUT2D eigenvalue weighted by atomic mass is 9.95. The quantitative estimate of drug-likeness (QED) is 0.246. The maximum atomic E-state index is 13.2. The number of esters is 1. The van der Waals surface area contributed by atoms with Gasteiger partial charge in [-0.05, 0) is 36.8 Å². The molecule has 1 unspecified atom stereocenters. The van der Waals surface area contributed by atoms with E-state index < -0.39 is 29.5 Å². The van der Waals surface area contributed by atoms with E-state index >= 15 is 0 Å². The molecule has 2 N–H and O–H groups in total. The fraction of sp³-hybridized carbons (Fsp3) is 0.167. The summed E-state index contributed by atoms with van der Waals surface area (Å²) in [6.45, 7) is 1.59. The summed E-state index contributed by atoms with van der Waals surface area (Å²) in [5.74, 6) is -2.53. The smallest absolute Gasteiger partial charge is 0.350 e. The lowest BCUT2D eigenvalue weighted by Crippen LogP contribution is -2.29.